The van der Waals surface area contributed by atoms with Crippen molar-refractivity contribution in [2.24, 2.45) is 0 Å². The molecule has 174 valence electrons. The number of aryl methyl sites for hydroxylation is 1. The van der Waals surface area contributed by atoms with Gasteiger partial charge >= 0.3 is 6.18 Å². The highest BCUT2D eigenvalue weighted by Crippen LogP contribution is 2.39. The van der Waals surface area contributed by atoms with Gasteiger partial charge < -0.3 is 15.7 Å². The molecular weight excluding hydrogens is 423 g/mol. The Kier molecular flexibility index (Phi) is 6.99. The number of aliphatic hydroxyl groups is 1. The number of piperidine rings is 1. The summed E-state index contributed by atoms with van der Waals surface area (Å²) in [6.45, 7) is 7.95. The predicted octanol–water partition coefficient (Wildman–Crippen LogP) is 3.45. The molecule has 2 unspecified atom stereocenters. The van der Waals surface area contributed by atoms with Gasteiger partial charge in [-0.3, -0.25) is 4.98 Å². The van der Waals surface area contributed by atoms with E-state index in [1.807, 2.05) is 13.8 Å². The van der Waals surface area contributed by atoms with Crippen LogP contribution >= 0.6 is 0 Å². The van der Waals surface area contributed by atoms with Crippen molar-refractivity contribution in [3.63, 3.8) is 0 Å². The van der Waals surface area contributed by atoms with E-state index in [4.69, 9.17) is 0 Å². The van der Waals surface area contributed by atoms with Gasteiger partial charge in [0.15, 0.2) is 5.65 Å². The van der Waals surface area contributed by atoms with Gasteiger partial charge in [0.25, 0.3) is 0 Å². The number of imidazole rings is 1. The zero-order valence-electron chi connectivity index (χ0n) is 18.5. The van der Waals surface area contributed by atoms with E-state index >= 15 is 0 Å². The number of hydrogen-bond acceptors (Lipinski definition) is 7. The molecule has 2 atom stereocenters. The Morgan fingerprint density at radius 1 is 1.22 bits per heavy atom. The Balaban J connectivity index is 0.00000141. The Morgan fingerprint density at radius 2 is 1.97 bits per heavy atom. The summed E-state index contributed by atoms with van der Waals surface area (Å²) in [7, 11) is 0. The molecule has 0 aliphatic carbocycles. The first kappa shape index (κ1) is 23.9. The molecule has 0 aromatic carbocycles. The summed E-state index contributed by atoms with van der Waals surface area (Å²) in [5.41, 5.74) is -2.27. The van der Waals surface area contributed by atoms with Gasteiger partial charge in [0, 0.05) is 12.6 Å². The molecule has 3 N–H and O–H groups in total. The van der Waals surface area contributed by atoms with Gasteiger partial charge in [-0.25, -0.2) is 14.5 Å². The van der Waals surface area contributed by atoms with Crippen LogP contribution in [0.25, 0.3) is 17.0 Å². The molecule has 0 amide bonds. The highest BCUT2D eigenvalue weighted by molar-refractivity contribution is 5.60. The van der Waals surface area contributed by atoms with Crippen molar-refractivity contribution in [2.75, 3.05) is 18.4 Å². The first-order valence-electron chi connectivity index (χ1n) is 10.6. The molecule has 0 radical (unpaired) electrons. The lowest BCUT2D eigenvalue weighted by Crippen LogP contribution is -2.41. The van der Waals surface area contributed by atoms with Crippen LogP contribution in [-0.4, -0.2) is 55.0 Å². The summed E-state index contributed by atoms with van der Waals surface area (Å²) in [5.74, 6) is 0.561. The van der Waals surface area contributed by atoms with E-state index in [0.717, 1.165) is 25.9 Å². The Labute approximate surface area is 184 Å². The molecule has 4 rings (SSSR count). The standard InChI is InChI=1S/C19H22F3N7O.C2H6/c1-11-6-16-25-9-14(29(16)28-17(11)18(2,30)19(20,21)22)13-8-24-10-15(27-13)26-12-4-3-5-23-7-12;1-2/h6,8-10,12,23,30H,3-5,7H2,1-2H3,(H,26,27);1-2H3. The van der Waals surface area contributed by atoms with Crippen molar-refractivity contribution in [3.05, 3.63) is 35.9 Å². The van der Waals surface area contributed by atoms with E-state index in [0.29, 0.717) is 29.8 Å². The first-order valence-corrected chi connectivity index (χ1v) is 10.6. The Bertz CT molecular complexity index is 1060. The minimum Gasteiger partial charge on any atom is -0.375 e. The van der Waals surface area contributed by atoms with E-state index < -0.39 is 17.5 Å². The average Bonchev–Trinajstić information content (AvgIpc) is 3.17. The zero-order valence-corrected chi connectivity index (χ0v) is 18.5. The van der Waals surface area contributed by atoms with Crippen LogP contribution in [0.5, 0.6) is 0 Å². The summed E-state index contributed by atoms with van der Waals surface area (Å²) in [6.07, 6.45) is 1.75. The van der Waals surface area contributed by atoms with E-state index in [9.17, 15) is 18.3 Å². The van der Waals surface area contributed by atoms with Crippen molar-refractivity contribution in [1.29, 1.82) is 0 Å². The summed E-state index contributed by atoms with van der Waals surface area (Å²) < 4.78 is 41.4. The van der Waals surface area contributed by atoms with E-state index in [1.165, 1.54) is 29.9 Å². The van der Waals surface area contributed by atoms with E-state index in [2.05, 4.69) is 30.7 Å². The summed E-state index contributed by atoms with van der Waals surface area (Å²) in [6, 6.07) is 1.68. The maximum atomic E-state index is 13.4. The Hall–Kier alpha value is -2.79. The number of aromatic nitrogens is 5. The number of rotatable bonds is 4. The van der Waals surface area contributed by atoms with Gasteiger partial charge in [-0.05, 0) is 44.9 Å². The van der Waals surface area contributed by atoms with Crippen LogP contribution < -0.4 is 10.6 Å². The van der Waals surface area contributed by atoms with Crippen LogP contribution in [0.2, 0.25) is 0 Å². The van der Waals surface area contributed by atoms with Crippen LogP contribution in [-0.2, 0) is 5.60 Å². The lowest BCUT2D eigenvalue weighted by Gasteiger charge is -2.26. The molecule has 1 aliphatic heterocycles. The lowest BCUT2D eigenvalue weighted by atomic mass is 9.98. The van der Waals surface area contributed by atoms with Crippen molar-refractivity contribution < 1.29 is 18.3 Å². The highest BCUT2D eigenvalue weighted by atomic mass is 19.4. The quantitative estimate of drug-likeness (QED) is 0.559. The van der Waals surface area contributed by atoms with Crippen molar-refractivity contribution >= 4 is 11.5 Å². The molecule has 3 aromatic rings. The average molecular weight is 451 g/mol. The Morgan fingerprint density at radius 3 is 2.62 bits per heavy atom. The molecule has 3 aromatic heterocycles. The van der Waals surface area contributed by atoms with Gasteiger partial charge in [-0.1, -0.05) is 13.8 Å². The van der Waals surface area contributed by atoms with Crippen LogP contribution in [0.1, 0.15) is 44.9 Å². The highest BCUT2D eigenvalue weighted by Gasteiger charge is 2.53. The van der Waals surface area contributed by atoms with Crippen LogP contribution in [0.15, 0.2) is 24.7 Å². The number of hydrogen-bond donors (Lipinski definition) is 3. The van der Waals surface area contributed by atoms with Crippen molar-refractivity contribution in [1.82, 2.24) is 29.9 Å². The maximum absolute atomic E-state index is 13.4. The maximum Gasteiger partial charge on any atom is 0.422 e. The summed E-state index contributed by atoms with van der Waals surface area (Å²) >= 11 is 0. The van der Waals surface area contributed by atoms with E-state index in [-0.39, 0.29) is 11.6 Å². The third-order valence-electron chi connectivity index (χ3n) is 5.24. The molecule has 1 aliphatic rings. The normalized spacial score (nSPS) is 18.6. The second kappa shape index (κ2) is 9.37. The monoisotopic (exact) mass is 451 g/mol. The number of anilines is 1. The van der Waals surface area contributed by atoms with Crippen molar-refractivity contribution in [3.8, 4) is 11.4 Å². The summed E-state index contributed by atoms with van der Waals surface area (Å²) in [4.78, 5) is 13.0. The lowest BCUT2D eigenvalue weighted by molar-refractivity contribution is -0.260. The van der Waals surface area contributed by atoms with Gasteiger partial charge in [-0.15, -0.1) is 0 Å². The van der Waals surface area contributed by atoms with Gasteiger partial charge in [0.1, 0.15) is 22.9 Å². The van der Waals surface area contributed by atoms with Crippen molar-refractivity contribution in [2.45, 2.75) is 58.4 Å². The molecule has 1 fully saturated rings. The number of alkyl halides is 3. The van der Waals surface area contributed by atoms with Gasteiger partial charge in [0.05, 0.1) is 18.6 Å². The largest absolute Gasteiger partial charge is 0.422 e. The minimum atomic E-state index is -4.88. The molecule has 8 nitrogen and oxygen atoms in total. The van der Waals surface area contributed by atoms with Crippen LogP contribution in [0.4, 0.5) is 19.0 Å². The van der Waals surface area contributed by atoms with E-state index in [1.54, 1.807) is 6.20 Å². The molecule has 0 bridgehead atoms. The second-order valence-electron chi connectivity index (χ2n) is 7.64. The van der Waals surface area contributed by atoms with Crippen LogP contribution in [0, 0.1) is 6.92 Å². The van der Waals surface area contributed by atoms with Gasteiger partial charge in [0.2, 0.25) is 5.60 Å². The SMILES string of the molecule is CC.Cc1cc2ncc(-c3cncc(NC4CCCNC4)n3)n2nc1C(C)(O)C(F)(F)F. The fraction of sp³-hybridized carbons (Fsp3) is 0.524. The third-order valence-corrected chi connectivity index (χ3v) is 5.24. The number of fused-ring (bicyclic) bond motifs is 1. The number of nitrogens with zero attached hydrogens (tertiary/aromatic N) is 5. The molecule has 11 heteroatoms. The molecule has 0 saturated carbocycles. The molecule has 4 heterocycles. The zero-order chi connectivity index (χ0) is 23.5. The number of nitrogens with one attached hydrogen (secondary N) is 2. The third kappa shape index (κ3) is 4.68. The molecule has 32 heavy (non-hydrogen) atoms. The molecule has 0 spiro atoms. The predicted molar refractivity (Wildman–Crippen MR) is 115 cm³/mol. The topological polar surface area (TPSA) is 100 Å². The minimum absolute atomic E-state index is 0.188. The van der Waals surface area contributed by atoms with Gasteiger partial charge in [-0.2, -0.15) is 18.3 Å². The molecular formula is C21H28F3N7O. The smallest absolute Gasteiger partial charge is 0.375 e. The van der Waals surface area contributed by atoms with Crippen LogP contribution in [0.3, 0.4) is 0 Å². The first-order chi connectivity index (χ1) is 15.2. The summed E-state index contributed by atoms with van der Waals surface area (Å²) in [5, 5.41) is 20.8. The fourth-order valence-electron chi connectivity index (χ4n) is 3.54. The second-order valence-corrected chi connectivity index (χ2v) is 7.64. The fourth-order valence-corrected chi connectivity index (χ4v) is 3.54. The number of halogens is 3. The molecule has 1 saturated heterocycles.